The third-order valence-electron chi connectivity index (χ3n) is 2.43. The molecule has 0 aliphatic carbocycles. The van der Waals surface area contributed by atoms with E-state index in [1.165, 1.54) is 0 Å². The number of rotatable bonds is 4. The summed E-state index contributed by atoms with van der Waals surface area (Å²) in [5.41, 5.74) is 1.98. The fraction of sp³-hybridized carbons (Fsp3) is 0.417. The van der Waals surface area contributed by atoms with Gasteiger partial charge in [-0.2, -0.15) is 0 Å². The number of aliphatic carboxylic acids is 1. The molecule has 0 fully saturated rings. The molecule has 16 heavy (non-hydrogen) atoms. The van der Waals surface area contributed by atoms with E-state index in [-0.39, 0.29) is 0 Å². The van der Waals surface area contributed by atoms with Crippen LogP contribution >= 0.6 is 15.9 Å². The Hall–Kier alpha value is -0.870. The van der Waals surface area contributed by atoms with Crippen LogP contribution in [0, 0.1) is 0 Å². The van der Waals surface area contributed by atoms with E-state index >= 15 is 0 Å². The molecule has 0 aliphatic heterocycles. The van der Waals surface area contributed by atoms with E-state index < -0.39 is 11.9 Å². The van der Waals surface area contributed by atoms with Gasteiger partial charge in [0, 0.05) is 11.0 Å². The van der Waals surface area contributed by atoms with Crippen molar-refractivity contribution >= 4 is 21.9 Å². The highest BCUT2D eigenvalue weighted by molar-refractivity contribution is 9.10. The first-order chi connectivity index (χ1) is 7.41. The van der Waals surface area contributed by atoms with E-state index in [0.29, 0.717) is 0 Å². The maximum atomic E-state index is 10.9. The van der Waals surface area contributed by atoms with Gasteiger partial charge in [0.25, 0.3) is 0 Å². The molecule has 0 aromatic heterocycles. The average Bonchev–Trinajstić information content (AvgIpc) is 2.19. The number of carboxylic acids is 1. The SMILES string of the molecule is CC(C(=O)O)c1ccc(CN(C)C)c(Br)c1. The van der Waals surface area contributed by atoms with Crippen molar-refractivity contribution < 1.29 is 9.90 Å². The molecule has 4 heteroatoms. The quantitative estimate of drug-likeness (QED) is 0.925. The first-order valence-electron chi connectivity index (χ1n) is 5.07. The molecule has 1 N–H and O–H groups in total. The van der Waals surface area contributed by atoms with Crippen LogP contribution in [-0.4, -0.2) is 30.1 Å². The number of halogens is 1. The van der Waals surface area contributed by atoms with E-state index in [2.05, 4.69) is 20.8 Å². The Morgan fingerprint density at radius 2 is 2.12 bits per heavy atom. The fourth-order valence-electron chi connectivity index (χ4n) is 1.44. The van der Waals surface area contributed by atoms with Gasteiger partial charge in [-0.05, 0) is 38.2 Å². The number of hydrogen-bond acceptors (Lipinski definition) is 2. The molecule has 0 amide bonds. The molecule has 0 aliphatic rings. The van der Waals surface area contributed by atoms with Crippen molar-refractivity contribution in [1.29, 1.82) is 0 Å². The Balaban J connectivity index is 2.95. The van der Waals surface area contributed by atoms with Gasteiger partial charge in [0.15, 0.2) is 0 Å². The Morgan fingerprint density at radius 1 is 1.50 bits per heavy atom. The summed E-state index contributed by atoms with van der Waals surface area (Å²) in [6, 6.07) is 5.73. The molecular formula is C12H16BrNO2. The van der Waals surface area contributed by atoms with Gasteiger partial charge in [-0.15, -0.1) is 0 Å². The van der Waals surface area contributed by atoms with Crippen molar-refractivity contribution in [3.8, 4) is 0 Å². The van der Waals surface area contributed by atoms with Crippen LogP contribution in [-0.2, 0) is 11.3 Å². The molecule has 0 spiro atoms. The minimum Gasteiger partial charge on any atom is -0.481 e. The highest BCUT2D eigenvalue weighted by Crippen LogP contribution is 2.24. The molecule has 3 nitrogen and oxygen atoms in total. The van der Waals surface area contributed by atoms with Crippen LogP contribution in [0.15, 0.2) is 22.7 Å². The fourth-order valence-corrected chi connectivity index (χ4v) is 1.97. The normalized spacial score (nSPS) is 12.8. The van der Waals surface area contributed by atoms with Crippen molar-refractivity contribution in [2.75, 3.05) is 14.1 Å². The van der Waals surface area contributed by atoms with Crippen LogP contribution in [0.1, 0.15) is 24.0 Å². The summed E-state index contributed by atoms with van der Waals surface area (Å²) in [5.74, 6) is -1.27. The van der Waals surface area contributed by atoms with E-state index in [0.717, 1.165) is 22.1 Å². The largest absolute Gasteiger partial charge is 0.481 e. The zero-order chi connectivity index (χ0) is 12.3. The topological polar surface area (TPSA) is 40.5 Å². The van der Waals surface area contributed by atoms with E-state index in [1.54, 1.807) is 6.92 Å². The molecule has 0 bridgehead atoms. The van der Waals surface area contributed by atoms with Crippen LogP contribution in [0.5, 0.6) is 0 Å². The summed E-state index contributed by atoms with van der Waals surface area (Å²) in [4.78, 5) is 12.9. The van der Waals surface area contributed by atoms with Crippen LogP contribution < -0.4 is 0 Å². The van der Waals surface area contributed by atoms with Crippen molar-refractivity contribution in [1.82, 2.24) is 4.90 Å². The first kappa shape index (κ1) is 13.2. The third-order valence-corrected chi connectivity index (χ3v) is 3.17. The van der Waals surface area contributed by atoms with Gasteiger partial charge in [0.1, 0.15) is 0 Å². The highest BCUT2D eigenvalue weighted by atomic mass is 79.9. The van der Waals surface area contributed by atoms with E-state index in [4.69, 9.17) is 5.11 Å². The highest BCUT2D eigenvalue weighted by Gasteiger charge is 2.14. The van der Waals surface area contributed by atoms with Gasteiger partial charge >= 0.3 is 5.97 Å². The van der Waals surface area contributed by atoms with Gasteiger partial charge in [0.2, 0.25) is 0 Å². The van der Waals surface area contributed by atoms with E-state index in [1.807, 2.05) is 32.3 Å². The lowest BCUT2D eigenvalue weighted by Crippen LogP contribution is -2.12. The van der Waals surface area contributed by atoms with Gasteiger partial charge < -0.3 is 10.0 Å². The second kappa shape index (κ2) is 5.46. The molecule has 88 valence electrons. The lowest BCUT2D eigenvalue weighted by molar-refractivity contribution is -0.138. The zero-order valence-corrected chi connectivity index (χ0v) is 11.3. The van der Waals surface area contributed by atoms with Crippen LogP contribution in [0.4, 0.5) is 0 Å². The van der Waals surface area contributed by atoms with Gasteiger partial charge in [-0.3, -0.25) is 4.79 Å². The predicted molar refractivity (Wildman–Crippen MR) is 67.6 cm³/mol. The number of nitrogens with zero attached hydrogens (tertiary/aromatic N) is 1. The van der Waals surface area contributed by atoms with Crippen LogP contribution in [0.25, 0.3) is 0 Å². The summed E-state index contributed by atoms with van der Waals surface area (Å²) >= 11 is 3.47. The Labute approximate surface area is 104 Å². The Bertz CT molecular complexity index is 391. The van der Waals surface area contributed by atoms with Crippen molar-refractivity contribution in [3.63, 3.8) is 0 Å². The van der Waals surface area contributed by atoms with E-state index in [9.17, 15) is 4.79 Å². The molecule has 0 saturated heterocycles. The third kappa shape index (κ3) is 3.32. The average molecular weight is 286 g/mol. The van der Waals surface area contributed by atoms with Crippen molar-refractivity contribution in [3.05, 3.63) is 33.8 Å². The number of benzene rings is 1. The number of carbonyl (C=O) groups is 1. The summed E-state index contributed by atoms with van der Waals surface area (Å²) in [6.07, 6.45) is 0. The molecule has 1 aromatic rings. The molecule has 1 unspecified atom stereocenters. The Kier molecular flexibility index (Phi) is 4.50. The maximum Gasteiger partial charge on any atom is 0.310 e. The lowest BCUT2D eigenvalue weighted by atomic mass is 10.00. The minimum atomic E-state index is -0.799. The summed E-state index contributed by atoms with van der Waals surface area (Å²) in [6.45, 7) is 2.53. The van der Waals surface area contributed by atoms with Crippen molar-refractivity contribution in [2.45, 2.75) is 19.4 Å². The van der Waals surface area contributed by atoms with Gasteiger partial charge in [-0.25, -0.2) is 0 Å². The van der Waals surface area contributed by atoms with Gasteiger partial charge in [-0.1, -0.05) is 28.1 Å². The molecular weight excluding hydrogens is 270 g/mol. The maximum absolute atomic E-state index is 10.9. The number of carboxylic acid groups (broad SMARTS) is 1. The molecule has 0 heterocycles. The number of hydrogen-bond donors (Lipinski definition) is 1. The molecule has 0 saturated carbocycles. The second-order valence-corrected chi connectivity index (χ2v) is 5.00. The zero-order valence-electron chi connectivity index (χ0n) is 9.70. The smallest absolute Gasteiger partial charge is 0.310 e. The first-order valence-corrected chi connectivity index (χ1v) is 5.87. The molecule has 0 radical (unpaired) electrons. The monoisotopic (exact) mass is 285 g/mol. The Morgan fingerprint density at radius 3 is 2.56 bits per heavy atom. The van der Waals surface area contributed by atoms with Crippen LogP contribution in [0.2, 0.25) is 0 Å². The molecule has 1 atom stereocenters. The standard InChI is InChI=1S/C12H16BrNO2/c1-8(12(15)16)9-4-5-10(7-14(2)3)11(13)6-9/h4-6,8H,7H2,1-3H3,(H,15,16). The summed E-state index contributed by atoms with van der Waals surface area (Å²) in [7, 11) is 4.00. The summed E-state index contributed by atoms with van der Waals surface area (Å²) < 4.78 is 0.965. The molecule has 1 aromatic carbocycles. The second-order valence-electron chi connectivity index (χ2n) is 4.15. The summed E-state index contributed by atoms with van der Waals surface area (Å²) in [5, 5.41) is 8.92. The molecule has 1 rings (SSSR count). The van der Waals surface area contributed by atoms with Crippen LogP contribution in [0.3, 0.4) is 0 Å². The van der Waals surface area contributed by atoms with Crippen molar-refractivity contribution in [2.24, 2.45) is 0 Å². The lowest BCUT2D eigenvalue weighted by Gasteiger charge is -2.13. The predicted octanol–water partition coefficient (Wildman–Crippen LogP) is 2.70. The minimum absolute atomic E-state index is 0.468. The van der Waals surface area contributed by atoms with Gasteiger partial charge in [0.05, 0.1) is 5.92 Å².